The van der Waals surface area contributed by atoms with E-state index in [-0.39, 0.29) is 24.1 Å². The van der Waals surface area contributed by atoms with Crippen molar-refractivity contribution < 1.29 is 17.9 Å². The lowest BCUT2D eigenvalue weighted by atomic mass is 9.88. The number of nitrogens with one attached hydrogen (secondary N) is 1. The van der Waals surface area contributed by atoms with Gasteiger partial charge in [-0.25, -0.2) is 8.42 Å². The summed E-state index contributed by atoms with van der Waals surface area (Å²) in [6.07, 6.45) is 6.62. The maximum Gasteiger partial charge on any atom is 0.244 e. The molecular formula is C25H33ClN2O4S. The average molecular weight is 493 g/mol. The molecule has 0 spiro atoms. The van der Waals surface area contributed by atoms with Crippen molar-refractivity contribution in [2.24, 2.45) is 0 Å². The highest BCUT2D eigenvalue weighted by Crippen LogP contribution is 2.35. The monoisotopic (exact) mass is 492 g/mol. The van der Waals surface area contributed by atoms with Crippen LogP contribution in [0, 0.1) is 0 Å². The van der Waals surface area contributed by atoms with Gasteiger partial charge in [-0.2, -0.15) is 0 Å². The van der Waals surface area contributed by atoms with Crippen LogP contribution in [0.5, 0.6) is 5.75 Å². The Hall–Kier alpha value is -2.25. The first kappa shape index (κ1) is 25.4. The van der Waals surface area contributed by atoms with Crippen LogP contribution in [-0.2, 0) is 27.7 Å². The Morgan fingerprint density at radius 1 is 1.09 bits per heavy atom. The highest BCUT2D eigenvalue weighted by atomic mass is 35.5. The van der Waals surface area contributed by atoms with Gasteiger partial charge in [0.05, 0.1) is 25.1 Å². The Labute approximate surface area is 202 Å². The molecule has 0 aliphatic heterocycles. The lowest BCUT2D eigenvalue weighted by Gasteiger charge is -2.32. The Morgan fingerprint density at radius 3 is 2.39 bits per heavy atom. The maximum absolute atomic E-state index is 13.5. The normalized spacial score (nSPS) is 15.3. The molecule has 0 saturated carbocycles. The van der Waals surface area contributed by atoms with E-state index < -0.39 is 16.1 Å². The van der Waals surface area contributed by atoms with E-state index in [0.29, 0.717) is 17.2 Å². The first-order valence-corrected chi connectivity index (χ1v) is 13.7. The molecule has 0 bridgehead atoms. The molecule has 2 atom stereocenters. The molecule has 0 unspecified atom stereocenters. The molecule has 0 saturated heterocycles. The van der Waals surface area contributed by atoms with Crippen LogP contribution in [-0.4, -0.2) is 33.7 Å². The topological polar surface area (TPSA) is 75.7 Å². The number of fused-ring (bicyclic) bond motifs is 1. The second-order valence-electron chi connectivity index (χ2n) is 8.50. The van der Waals surface area contributed by atoms with Crippen LogP contribution in [0.3, 0.4) is 0 Å². The third-order valence-electron chi connectivity index (χ3n) is 6.21. The van der Waals surface area contributed by atoms with E-state index in [1.54, 1.807) is 19.1 Å². The number of hydrogen-bond donors (Lipinski definition) is 1. The molecule has 0 radical (unpaired) electrons. The van der Waals surface area contributed by atoms with Gasteiger partial charge in [-0.1, -0.05) is 43.6 Å². The third-order valence-corrected chi connectivity index (χ3v) is 7.61. The van der Waals surface area contributed by atoms with Crippen molar-refractivity contribution in [3.05, 3.63) is 58.1 Å². The number of amides is 1. The zero-order chi connectivity index (χ0) is 24.2. The minimum Gasteiger partial charge on any atom is -0.495 e. The standard InChI is InChI=1S/C25H33ClN2O4S/c1-5-21(19-12-11-17-9-7-8-10-18(17)15-19)27-25(29)22(6-2)28(33(4,30)31)23-16-20(26)13-14-24(23)32-3/h11-16,21-22H,5-10H2,1-4H3,(H,27,29)/t21-,22-/m0/s1. The molecule has 2 aromatic rings. The van der Waals surface area contributed by atoms with Gasteiger partial charge >= 0.3 is 0 Å². The van der Waals surface area contributed by atoms with Gasteiger partial charge in [-0.3, -0.25) is 9.10 Å². The van der Waals surface area contributed by atoms with Gasteiger partial charge < -0.3 is 10.1 Å². The van der Waals surface area contributed by atoms with Gasteiger partial charge in [0.25, 0.3) is 0 Å². The summed E-state index contributed by atoms with van der Waals surface area (Å²) in [6, 6.07) is 10.0. The largest absolute Gasteiger partial charge is 0.495 e. The fourth-order valence-electron chi connectivity index (χ4n) is 4.53. The zero-order valence-corrected chi connectivity index (χ0v) is 21.3. The Bertz CT molecular complexity index is 1100. The Morgan fingerprint density at radius 2 is 1.79 bits per heavy atom. The van der Waals surface area contributed by atoms with Gasteiger partial charge in [0, 0.05) is 5.02 Å². The van der Waals surface area contributed by atoms with Crippen molar-refractivity contribution in [2.75, 3.05) is 17.7 Å². The van der Waals surface area contributed by atoms with Crippen molar-refractivity contribution in [3.8, 4) is 5.75 Å². The van der Waals surface area contributed by atoms with Crippen molar-refractivity contribution in [1.82, 2.24) is 5.32 Å². The number of carbonyl (C=O) groups is 1. The number of hydrogen-bond acceptors (Lipinski definition) is 4. The molecule has 6 nitrogen and oxygen atoms in total. The van der Waals surface area contributed by atoms with Crippen molar-refractivity contribution in [2.45, 2.75) is 64.5 Å². The van der Waals surface area contributed by atoms with E-state index >= 15 is 0 Å². The summed E-state index contributed by atoms with van der Waals surface area (Å²) in [7, 11) is -2.35. The Balaban J connectivity index is 1.93. The number of anilines is 1. The summed E-state index contributed by atoms with van der Waals surface area (Å²) in [5.41, 5.74) is 4.03. The summed E-state index contributed by atoms with van der Waals surface area (Å²) in [5, 5.41) is 3.45. The molecule has 0 heterocycles. The number of rotatable bonds is 9. The molecule has 8 heteroatoms. The zero-order valence-electron chi connectivity index (χ0n) is 19.7. The van der Waals surface area contributed by atoms with E-state index in [1.807, 2.05) is 6.92 Å². The number of carbonyl (C=O) groups excluding carboxylic acids is 1. The SMILES string of the molecule is CC[C@H](NC(=O)[C@H](CC)N(c1cc(Cl)ccc1OC)S(C)(=O)=O)c1ccc2c(c1)CCCC2. The quantitative estimate of drug-likeness (QED) is 0.532. The van der Waals surface area contributed by atoms with Crippen LogP contribution in [0.15, 0.2) is 36.4 Å². The van der Waals surface area contributed by atoms with Gasteiger partial charge in [-0.05, 0) is 73.4 Å². The predicted molar refractivity (Wildman–Crippen MR) is 134 cm³/mol. The maximum atomic E-state index is 13.5. The first-order valence-electron chi connectivity index (χ1n) is 11.4. The molecule has 1 N–H and O–H groups in total. The van der Waals surface area contributed by atoms with Crippen molar-refractivity contribution in [1.29, 1.82) is 0 Å². The summed E-state index contributed by atoms with van der Waals surface area (Å²) < 4.78 is 32.2. The van der Waals surface area contributed by atoms with Gasteiger partial charge in [0.1, 0.15) is 11.8 Å². The number of halogens is 1. The fourth-order valence-corrected chi connectivity index (χ4v) is 5.90. The van der Waals surface area contributed by atoms with Gasteiger partial charge in [0.15, 0.2) is 0 Å². The second-order valence-corrected chi connectivity index (χ2v) is 10.8. The molecule has 3 rings (SSSR count). The average Bonchev–Trinajstić information content (AvgIpc) is 2.79. The molecule has 2 aromatic carbocycles. The molecule has 33 heavy (non-hydrogen) atoms. The lowest BCUT2D eigenvalue weighted by molar-refractivity contribution is -0.123. The van der Waals surface area contributed by atoms with Crippen LogP contribution in [0.1, 0.15) is 62.3 Å². The smallest absolute Gasteiger partial charge is 0.244 e. The highest BCUT2D eigenvalue weighted by molar-refractivity contribution is 7.92. The molecule has 180 valence electrons. The van der Waals surface area contributed by atoms with Crippen molar-refractivity contribution >= 4 is 33.2 Å². The van der Waals surface area contributed by atoms with Crippen LogP contribution in [0.4, 0.5) is 5.69 Å². The molecule has 1 aliphatic rings. The van der Waals surface area contributed by atoms with E-state index in [9.17, 15) is 13.2 Å². The molecule has 0 aromatic heterocycles. The minimum atomic E-state index is -3.81. The highest BCUT2D eigenvalue weighted by Gasteiger charge is 2.34. The number of methoxy groups -OCH3 is 1. The number of ether oxygens (including phenoxy) is 1. The van der Waals surface area contributed by atoms with E-state index in [0.717, 1.165) is 29.0 Å². The lowest BCUT2D eigenvalue weighted by Crippen LogP contribution is -2.50. The van der Waals surface area contributed by atoms with Crippen molar-refractivity contribution in [3.63, 3.8) is 0 Å². The molecule has 0 fully saturated rings. The summed E-state index contributed by atoms with van der Waals surface area (Å²) in [6.45, 7) is 3.80. The van der Waals surface area contributed by atoms with E-state index in [1.165, 1.54) is 37.1 Å². The predicted octanol–water partition coefficient (Wildman–Crippen LogP) is 5.04. The number of sulfonamides is 1. The Kier molecular flexibility index (Phi) is 8.29. The third kappa shape index (κ3) is 5.82. The number of aryl methyl sites for hydroxylation is 2. The fraction of sp³-hybridized carbons (Fsp3) is 0.480. The first-order chi connectivity index (χ1) is 15.7. The van der Waals surface area contributed by atoms with Crippen LogP contribution >= 0.6 is 11.6 Å². The van der Waals surface area contributed by atoms with Crippen LogP contribution in [0.2, 0.25) is 5.02 Å². The van der Waals surface area contributed by atoms with E-state index in [2.05, 4.69) is 23.5 Å². The second kappa shape index (κ2) is 10.8. The number of nitrogens with zero attached hydrogens (tertiary/aromatic N) is 1. The van der Waals surface area contributed by atoms with Gasteiger partial charge in [0.2, 0.25) is 15.9 Å². The molecule has 1 aliphatic carbocycles. The van der Waals surface area contributed by atoms with Crippen LogP contribution in [0.25, 0.3) is 0 Å². The van der Waals surface area contributed by atoms with Gasteiger partial charge in [-0.15, -0.1) is 0 Å². The summed E-state index contributed by atoms with van der Waals surface area (Å²) in [4.78, 5) is 13.5. The summed E-state index contributed by atoms with van der Waals surface area (Å²) in [5.74, 6) is -0.0210. The number of benzene rings is 2. The molecular weight excluding hydrogens is 460 g/mol. The van der Waals surface area contributed by atoms with Crippen LogP contribution < -0.4 is 14.4 Å². The minimum absolute atomic E-state index is 0.207. The molecule has 1 amide bonds. The van der Waals surface area contributed by atoms with E-state index in [4.69, 9.17) is 16.3 Å². The summed E-state index contributed by atoms with van der Waals surface area (Å²) >= 11 is 6.16.